The smallest absolute Gasteiger partial charge is 0.272 e. The van der Waals surface area contributed by atoms with Crippen molar-refractivity contribution in [3.8, 4) is 0 Å². The lowest BCUT2D eigenvalue weighted by atomic mass is 9.87. The van der Waals surface area contributed by atoms with Crippen LogP contribution in [-0.2, 0) is 0 Å². The number of nitrogens with zero attached hydrogens (tertiary/aromatic N) is 1. The average molecular weight is 233 g/mol. The van der Waals surface area contributed by atoms with Gasteiger partial charge in [-0.05, 0) is 30.9 Å². The van der Waals surface area contributed by atoms with E-state index in [1.807, 2.05) is 0 Å². The van der Waals surface area contributed by atoms with Gasteiger partial charge in [0.05, 0.1) is 5.69 Å². The van der Waals surface area contributed by atoms with E-state index < -0.39 is 0 Å². The molecular weight excluding hydrogens is 214 g/mol. The Balaban J connectivity index is 1.99. The van der Waals surface area contributed by atoms with Crippen LogP contribution in [-0.4, -0.2) is 16.9 Å². The highest BCUT2D eigenvalue weighted by Gasteiger charge is 2.21. The molecule has 0 radical (unpaired) electrons. The summed E-state index contributed by atoms with van der Waals surface area (Å²) < 4.78 is 0. The number of amides is 1. The monoisotopic (exact) mass is 233 g/mol. The van der Waals surface area contributed by atoms with Crippen LogP contribution >= 0.6 is 0 Å². The lowest BCUT2D eigenvalue weighted by Gasteiger charge is -2.27. The first-order chi connectivity index (χ1) is 8.16. The molecule has 0 saturated heterocycles. The molecule has 1 heterocycles. The summed E-state index contributed by atoms with van der Waals surface area (Å²) in [5, 5.41) is 3.02. The van der Waals surface area contributed by atoms with Crippen LogP contribution in [0.5, 0.6) is 0 Å². The van der Waals surface area contributed by atoms with Gasteiger partial charge < -0.3 is 11.1 Å². The number of aromatic nitrogens is 1. The highest BCUT2D eigenvalue weighted by Crippen LogP contribution is 2.23. The summed E-state index contributed by atoms with van der Waals surface area (Å²) >= 11 is 0. The van der Waals surface area contributed by atoms with Gasteiger partial charge in [-0.25, -0.2) is 4.98 Å². The number of nitrogen functional groups attached to an aromatic ring is 1. The van der Waals surface area contributed by atoms with Crippen molar-refractivity contribution in [3.63, 3.8) is 0 Å². The standard InChI is InChI=1S/C13H19N3O/c1-9-4-2-5-10(8-9)16-13(17)12-11(14)6-3-7-15-12/h3,6-7,9-10H,2,4-5,8,14H2,1H3,(H,16,17). The van der Waals surface area contributed by atoms with Crippen LogP contribution in [0.25, 0.3) is 0 Å². The summed E-state index contributed by atoms with van der Waals surface area (Å²) in [6.45, 7) is 2.23. The number of pyridine rings is 1. The quantitative estimate of drug-likeness (QED) is 0.820. The summed E-state index contributed by atoms with van der Waals surface area (Å²) in [5.74, 6) is 0.539. The number of nitrogens with two attached hydrogens (primary N) is 1. The molecule has 0 spiro atoms. The molecule has 1 aliphatic carbocycles. The molecule has 4 heteroatoms. The number of carbonyl (C=O) groups is 1. The Hall–Kier alpha value is -1.58. The fourth-order valence-electron chi connectivity index (χ4n) is 2.43. The van der Waals surface area contributed by atoms with Gasteiger partial charge in [-0.3, -0.25) is 4.79 Å². The zero-order valence-electron chi connectivity index (χ0n) is 10.1. The Kier molecular flexibility index (Phi) is 3.61. The molecule has 2 atom stereocenters. The van der Waals surface area contributed by atoms with Gasteiger partial charge in [0.2, 0.25) is 0 Å². The number of hydrogen-bond acceptors (Lipinski definition) is 3. The maximum atomic E-state index is 12.0. The van der Waals surface area contributed by atoms with Crippen molar-refractivity contribution in [2.45, 2.75) is 38.6 Å². The number of anilines is 1. The molecule has 1 aromatic rings. The number of hydrogen-bond donors (Lipinski definition) is 2. The Bertz CT molecular complexity index is 405. The van der Waals surface area contributed by atoms with Crippen LogP contribution in [0.3, 0.4) is 0 Å². The van der Waals surface area contributed by atoms with Crippen molar-refractivity contribution in [1.82, 2.24) is 10.3 Å². The van der Waals surface area contributed by atoms with E-state index >= 15 is 0 Å². The van der Waals surface area contributed by atoms with Gasteiger partial charge in [0.15, 0.2) is 5.69 Å². The van der Waals surface area contributed by atoms with Crippen molar-refractivity contribution in [2.24, 2.45) is 5.92 Å². The second kappa shape index (κ2) is 5.17. The number of nitrogens with one attached hydrogen (secondary N) is 1. The topological polar surface area (TPSA) is 68.0 Å². The van der Waals surface area contributed by atoms with E-state index in [9.17, 15) is 4.79 Å². The normalized spacial score (nSPS) is 24.3. The van der Waals surface area contributed by atoms with Crippen LogP contribution in [0, 0.1) is 5.92 Å². The second-order valence-electron chi connectivity index (χ2n) is 4.88. The van der Waals surface area contributed by atoms with Crippen molar-refractivity contribution in [3.05, 3.63) is 24.0 Å². The Morgan fingerprint density at radius 1 is 1.53 bits per heavy atom. The fourth-order valence-corrected chi connectivity index (χ4v) is 2.43. The molecule has 0 aliphatic heterocycles. The van der Waals surface area contributed by atoms with Crippen LogP contribution in [0.15, 0.2) is 18.3 Å². The first-order valence-electron chi connectivity index (χ1n) is 6.18. The van der Waals surface area contributed by atoms with Crippen LogP contribution in [0.1, 0.15) is 43.1 Å². The Morgan fingerprint density at radius 3 is 3.06 bits per heavy atom. The molecule has 1 aromatic heterocycles. The summed E-state index contributed by atoms with van der Waals surface area (Å²) in [4.78, 5) is 16.0. The SMILES string of the molecule is CC1CCCC(NC(=O)c2ncccc2N)C1. The third kappa shape index (κ3) is 2.96. The highest BCUT2D eigenvalue weighted by molar-refractivity contribution is 5.97. The Morgan fingerprint density at radius 2 is 2.35 bits per heavy atom. The molecule has 2 rings (SSSR count). The molecule has 1 amide bonds. The maximum absolute atomic E-state index is 12.0. The number of rotatable bonds is 2. The number of carbonyl (C=O) groups excluding carboxylic acids is 1. The molecule has 0 bridgehead atoms. The van der Waals surface area contributed by atoms with Gasteiger partial charge >= 0.3 is 0 Å². The predicted octanol–water partition coefficient (Wildman–Crippen LogP) is 1.97. The predicted molar refractivity (Wildman–Crippen MR) is 67.5 cm³/mol. The molecule has 17 heavy (non-hydrogen) atoms. The zero-order valence-corrected chi connectivity index (χ0v) is 10.1. The van der Waals surface area contributed by atoms with Crippen LogP contribution < -0.4 is 11.1 Å². The zero-order chi connectivity index (χ0) is 12.3. The van der Waals surface area contributed by atoms with Crippen molar-refractivity contribution in [1.29, 1.82) is 0 Å². The molecule has 92 valence electrons. The van der Waals surface area contributed by atoms with Gasteiger partial charge in [0, 0.05) is 12.2 Å². The van der Waals surface area contributed by atoms with Crippen LogP contribution in [0.4, 0.5) is 5.69 Å². The van der Waals surface area contributed by atoms with Crippen molar-refractivity contribution in [2.75, 3.05) is 5.73 Å². The maximum Gasteiger partial charge on any atom is 0.272 e. The van der Waals surface area contributed by atoms with Gasteiger partial charge in [-0.2, -0.15) is 0 Å². The highest BCUT2D eigenvalue weighted by atomic mass is 16.1. The molecular formula is C13H19N3O. The van der Waals surface area contributed by atoms with E-state index in [-0.39, 0.29) is 11.9 Å². The molecule has 2 unspecified atom stereocenters. The van der Waals surface area contributed by atoms with Gasteiger partial charge in [-0.1, -0.05) is 19.8 Å². The first-order valence-corrected chi connectivity index (χ1v) is 6.18. The van der Waals surface area contributed by atoms with Crippen LogP contribution in [0.2, 0.25) is 0 Å². The van der Waals surface area contributed by atoms with Crippen molar-refractivity contribution < 1.29 is 4.79 Å². The second-order valence-corrected chi connectivity index (χ2v) is 4.88. The molecule has 1 saturated carbocycles. The molecule has 1 fully saturated rings. The minimum absolute atomic E-state index is 0.151. The third-order valence-electron chi connectivity index (χ3n) is 3.33. The largest absolute Gasteiger partial charge is 0.397 e. The molecule has 0 aromatic carbocycles. The minimum atomic E-state index is -0.151. The molecule has 4 nitrogen and oxygen atoms in total. The Labute approximate surface area is 102 Å². The van der Waals surface area contributed by atoms with E-state index in [1.54, 1.807) is 18.3 Å². The first kappa shape index (κ1) is 11.9. The van der Waals surface area contributed by atoms with E-state index in [1.165, 1.54) is 12.8 Å². The minimum Gasteiger partial charge on any atom is -0.397 e. The van der Waals surface area contributed by atoms with E-state index in [0.717, 1.165) is 12.8 Å². The summed E-state index contributed by atoms with van der Waals surface area (Å²) in [7, 11) is 0. The van der Waals surface area contributed by atoms with E-state index in [2.05, 4.69) is 17.2 Å². The third-order valence-corrected chi connectivity index (χ3v) is 3.33. The van der Waals surface area contributed by atoms with Gasteiger partial charge in [0.1, 0.15) is 0 Å². The fraction of sp³-hybridized carbons (Fsp3) is 0.538. The van der Waals surface area contributed by atoms with Gasteiger partial charge in [0.25, 0.3) is 5.91 Å². The molecule has 3 N–H and O–H groups in total. The molecule has 1 aliphatic rings. The van der Waals surface area contributed by atoms with E-state index in [4.69, 9.17) is 5.73 Å². The summed E-state index contributed by atoms with van der Waals surface area (Å²) in [6.07, 6.45) is 6.15. The summed E-state index contributed by atoms with van der Waals surface area (Å²) in [6, 6.07) is 3.70. The lowest BCUT2D eigenvalue weighted by Crippen LogP contribution is -2.38. The van der Waals surface area contributed by atoms with Gasteiger partial charge in [-0.15, -0.1) is 0 Å². The average Bonchev–Trinajstić information content (AvgIpc) is 2.29. The summed E-state index contributed by atoms with van der Waals surface area (Å²) in [5.41, 5.74) is 6.51. The van der Waals surface area contributed by atoms with E-state index in [0.29, 0.717) is 17.3 Å². The van der Waals surface area contributed by atoms with Crippen molar-refractivity contribution >= 4 is 11.6 Å². The lowest BCUT2D eigenvalue weighted by molar-refractivity contribution is 0.0917.